The largest absolute Gasteiger partial charge is 0.464 e. The van der Waals surface area contributed by atoms with E-state index >= 15 is 0 Å². The third-order valence-electron chi connectivity index (χ3n) is 3.19. The zero-order valence-corrected chi connectivity index (χ0v) is 13.2. The smallest absolute Gasteiger partial charge is 0.316 e. The first-order valence-corrected chi connectivity index (χ1v) is 8.54. The number of rotatable bonds is 5. The summed E-state index contributed by atoms with van der Waals surface area (Å²) in [6, 6.07) is 12.7. The number of benzene rings is 2. The molecule has 118 valence electrons. The molecule has 1 aromatic heterocycles. The molecule has 0 saturated heterocycles. The number of anilines is 1. The van der Waals surface area contributed by atoms with Crippen LogP contribution in [-0.2, 0) is 10.0 Å². The fourth-order valence-corrected chi connectivity index (χ4v) is 3.47. The van der Waals surface area contributed by atoms with Crippen molar-refractivity contribution in [2.24, 2.45) is 0 Å². The lowest BCUT2D eigenvalue weighted by Gasteiger charge is -2.10. The lowest BCUT2D eigenvalue weighted by atomic mass is 10.1. The van der Waals surface area contributed by atoms with Gasteiger partial charge in [0, 0.05) is 5.39 Å². The second-order valence-corrected chi connectivity index (χ2v) is 6.42. The van der Waals surface area contributed by atoms with E-state index < -0.39 is 10.0 Å². The second kappa shape index (κ2) is 6.21. The van der Waals surface area contributed by atoms with E-state index in [0.717, 1.165) is 5.39 Å². The topological polar surface area (TPSA) is 81.2 Å². The fraction of sp³-hybridized carbons (Fsp3) is 0.125. The van der Waals surface area contributed by atoms with Gasteiger partial charge in [-0.05, 0) is 18.4 Å². The molecule has 3 aromatic rings. The molecule has 0 aliphatic rings. The Morgan fingerprint density at radius 1 is 1.04 bits per heavy atom. The number of ether oxygens (including phenoxy) is 1. The van der Waals surface area contributed by atoms with Crippen molar-refractivity contribution in [3.05, 3.63) is 54.9 Å². The molecule has 0 unspecified atom stereocenters. The first-order chi connectivity index (χ1) is 11.1. The third-order valence-corrected chi connectivity index (χ3v) is 4.63. The lowest BCUT2D eigenvalue weighted by Crippen LogP contribution is -2.14. The van der Waals surface area contributed by atoms with Gasteiger partial charge in [0.15, 0.2) is 0 Å². The standard InChI is InChI=1S/C16H15N3O3S/c1-2-22-16-17-10-13(11-18-16)19-23(20,21)15-9-5-7-12-6-3-4-8-14(12)15/h3-11,19H,2H2,1H3. The molecule has 3 rings (SSSR count). The molecule has 0 aliphatic heterocycles. The number of nitrogens with zero attached hydrogens (tertiary/aromatic N) is 2. The van der Waals surface area contributed by atoms with Crippen LogP contribution in [0.5, 0.6) is 6.01 Å². The predicted octanol–water partition coefficient (Wildman–Crippen LogP) is 2.83. The molecule has 23 heavy (non-hydrogen) atoms. The first-order valence-electron chi connectivity index (χ1n) is 7.05. The summed E-state index contributed by atoms with van der Waals surface area (Å²) in [6.07, 6.45) is 2.75. The summed E-state index contributed by atoms with van der Waals surface area (Å²) in [5.74, 6) is 0. The van der Waals surface area contributed by atoms with Gasteiger partial charge in [-0.3, -0.25) is 4.72 Å². The van der Waals surface area contributed by atoms with E-state index in [0.29, 0.717) is 12.0 Å². The Labute approximate surface area is 134 Å². The van der Waals surface area contributed by atoms with E-state index in [1.165, 1.54) is 12.4 Å². The summed E-state index contributed by atoms with van der Waals surface area (Å²) in [4.78, 5) is 8.11. The Balaban J connectivity index is 1.94. The zero-order valence-electron chi connectivity index (χ0n) is 12.4. The van der Waals surface area contributed by atoms with Crippen molar-refractivity contribution in [2.75, 3.05) is 11.3 Å². The van der Waals surface area contributed by atoms with Gasteiger partial charge in [0.2, 0.25) is 0 Å². The maximum absolute atomic E-state index is 12.6. The maximum Gasteiger partial charge on any atom is 0.316 e. The van der Waals surface area contributed by atoms with Crippen LogP contribution in [0, 0.1) is 0 Å². The van der Waals surface area contributed by atoms with Crippen molar-refractivity contribution in [1.82, 2.24) is 9.97 Å². The van der Waals surface area contributed by atoms with E-state index in [2.05, 4.69) is 14.7 Å². The number of hydrogen-bond acceptors (Lipinski definition) is 5. The van der Waals surface area contributed by atoms with Gasteiger partial charge in [0.1, 0.15) is 0 Å². The van der Waals surface area contributed by atoms with Crippen molar-refractivity contribution in [3.63, 3.8) is 0 Å². The summed E-state index contributed by atoms with van der Waals surface area (Å²) in [7, 11) is -3.74. The normalized spacial score (nSPS) is 11.3. The average molecular weight is 329 g/mol. The van der Waals surface area contributed by atoms with Crippen molar-refractivity contribution >= 4 is 26.5 Å². The summed E-state index contributed by atoms with van der Waals surface area (Å²) < 4.78 is 32.9. The highest BCUT2D eigenvalue weighted by Crippen LogP contribution is 2.24. The fourth-order valence-electron chi connectivity index (χ4n) is 2.21. The van der Waals surface area contributed by atoms with Gasteiger partial charge in [-0.25, -0.2) is 18.4 Å². The second-order valence-electron chi connectivity index (χ2n) is 4.77. The third kappa shape index (κ3) is 3.24. The molecule has 0 aliphatic carbocycles. The summed E-state index contributed by atoms with van der Waals surface area (Å²) in [6.45, 7) is 2.27. The van der Waals surface area contributed by atoms with Gasteiger partial charge in [-0.15, -0.1) is 0 Å². The SMILES string of the molecule is CCOc1ncc(NS(=O)(=O)c2cccc3ccccc23)cn1. The molecule has 0 saturated carbocycles. The van der Waals surface area contributed by atoms with Crippen LogP contribution in [0.4, 0.5) is 5.69 Å². The molecular formula is C16H15N3O3S. The molecule has 0 spiro atoms. The molecule has 0 radical (unpaired) electrons. The highest BCUT2D eigenvalue weighted by molar-refractivity contribution is 7.93. The summed E-state index contributed by atoms with van der Waals surface area (Å²) in [5.41, 5.74) is 0.279. The minimum atomic E-state index is -3.74. The van der Waals surface area contributed by atoms with Gasteiger partial charge in [0.05, 0.1) is 29.6 Å². The molecule has 1 heterocycles. The van der Waals surface area contributed by atoms with Crippen LogP contribution in [0.2, 0.25) is 0 Å². The number of fused-ring (bicyclic) bond motifs is 1. The van der Waals surface area contributed by atoms with Crippen molar-refractivity contribution in [3.8, 4) is 6.01 Å². The highest BCUT2D eigenvalue weighted by Gasteiger charge is 2.17. The average Bonchev–Trinajstić information content (AvgIpc) is 2.56. The van der Waals surface area contributed by atoms with E-state index in [1.54, 1.807) is 24.3 Å². The van der Waals surface area contributed by atoms with Gasteiger partial charge >= 0.3 is 6.01 Å². The van der Waals surface area contributed by atoms with Crippen LogP contribution in [0.15, 0.2) is 59.8 Å². The van der Waals surface area contributed by atoms with Crippen LogP contribution >= 0.6 is 0 Å². The Hall–Kier alpha value is -2.67. The van der Waals surface area contributed by atoms with Crippen LogP contribution < -0.4 is 9.46 Å². The summed E-state index contributed by atoms with van der Waals surface area (Å²) in [5, 5.41) is 1.52. The molecule has 2 aromatic carbocycles. The quantitative estimate of drug-likeness (QED) is 0.778. The highest BCUT2D eigenvalue weighted by atomic mass is 32.2. The summed E-state index contributed by atoms with van der Waals surface area (Å²) >= 11 is 0. The molecule has 0 atom stereocenters. The predicted molar refractivity (Wildman–Crippen MR) is 88.0 cm³/mol. The van der Waals surface area contributed by atoms with Gasteiger partial charge in [-0.1, -0.05) is 36.4 Å². The molecule has 0 fully saturated rings. The van der Waals surface area contributed by atoms with Crippen molar-refractivity contribution < 1.29 is 13.2 Å². The van der Waals surface area contributed by atoms with Crippen LogP contribution in [0.1, 0.15) is 6.92 Å². The van der Waals surface area contributed by atoms with E-state index in [4.69, 9.17) is 4.74 Å². The molecule has 0 bridgehead atoms. The van der Waals surface area contributed by atoms with Gasteiger partial charge in [-0.2, -0.15) is 0 Å². The van der Waals surface area contributed by atoms with Gasteiger partial charge in [0.25, 0.3) is 10.0 Å². The minimum absolute atomic E-state index is 0.209. The molecule has 6 nitrogen and oxygen atoms in total. The molecular weight excluding hydrogens is 314 g/mol. The number of sulfonamides is 1. The Morgan fingerprint density at radius 3 is 2.48 bits per heavy atom. The van der Waals surface area contributed by atoms with Crippen LogP contribution in [-0.4, -0.2) is 25.0 Å². The molecule has 7 heteroatoms. The molecule has 1 N–H and O–H groups in total. The van der Waals surface area contributed by atoms with Crippen LogP contribution in [0.3, 0.4) is 0 Å². The Kier molecular flexibility index (Phi) is 4.12. The van der Waals surface area contributed by atoms with Gasteiger partial charge < -0.3 is 4.74 Å². The Bertz CT molecular complexity index is 919. The first kappa shape index (κ1) is 15.2. The minimum Gasteiger partial charge on any atom is -0.464 e. The Morgan fingerprint density at radius 2 is 1.74 bits per heavy atom. The molecule has 0 amide bonds. The monoisotopic (exact) mass is 329 g/mol. The van der Waals surface area contributed by atoms with Crippen molar-refractivity contribution in [2.45, 2.75) is 11.8 Å². The number of hydrogen-bond donors (Lipinski definition) is 1. The number of nitrogens with one attached hydrogen (secondary N) is 1. The number of aromatic nitrogens is 2. The van der Waals surface area contributed by atoms with Crippen molar-refractivity contribution in [1.29, 1.82) is 0 Å². The van der Waals surface area contributed by atoms with E-state index in [-0.39, 0.29) is 16.6 Å². The van der Waals surface area contributed by atoms with Crippen LogP contribution in [0.25, 0.3) is 10.8 Å². The lowest BCUT2D eigenvalue weighted by molar-refractivity contribution is 0.312. The maximum atomic E-state index is 12.6. The zero-order chi connectivity index (χ0) is 16.3. The van der Waals surface area contributed by atoms with E-state index in [1.807, 2.05) is 25.1 Å². The van der Waals surface area contributed by atoms with E-state index in [9.17, 15) is 8.42 Å².